The number of hydrogen-bond donors (Lipinski definition) is 1. The van der Waals surface area contributed by atoms with Crippen LogP contribution in [-0.4, -0.2) is 25.3 Å². The molecule has 6 nitrogen and oxygen atoms in total. The van der Waals surface area contributed by atoms with E-state index in [4.69, 9.17) is 9.47 Å². The molecule has 1 N–H and O–H groups in total. The van der Waals surface area contributed by atoms with Gasteiger partial charge in [0.05, 0.1) is 12.3 Å². The first-order chi connectivity index (χ1) is 15.9. The molecule has 0 unspecified atom stereocenters. The van der Waals surface area contributed by atoms with E-state index in [0.717, 1.165) is 5.56 Å². The molecular formula is C26H27FN2O4. The first kappa shape index (κ1) is 23.8. The second kappa shape index (κ2) is 11.7. The van der Waals surface area contributed by atoms with Crippen molar-refractivity contribution in [1.82, 2.24) is 0 Å². The van der Waals surface area contributed by atoms with Gasteiger partial charge in [-0.05, 0) is 42.2 Å². The summed E-state index contributed by atoms with van der Waals surface area (Å²) in [6.07, 6.45) is -0.799. The molecule has 33 heavy (non-hydrogen) atoms. The number of anilines is 2. The van der Waals surface area contributed by atoms with Crippen molar-refractivity contribution in [2.75, 3.05) is 23.4 Å². The third-order valence-corrected chi connectivity index (χ3v) is 4.66. The molecule has 0 aliphatic carbocycles. The molecule has 0 spiro atoms. The summed E-state index contributed by atoms with van der Waals surface area (Å²) in [5, 5.41) is 2.60. The van der Waals surface area contributed by atoms with Gasteiger partial charge in [0.15, 0.2) is 0 Å². The molecule has 0 fully saturated rings. The molecule has 0 radical (unpaired) electrons. The smallest absolute Gasteiger partial charge is 0.419 e. The zero-order valence-corrected chi connectivity index (χ0v) is 18.7. The number of ether oxygens (including phenoxy) is 2. The molecule has 3 aromatic carbocycles. The van der Waals surface area contributed by atoms with Gasteiger partial charge in [0.1, 0.15) is 11.6 Å². The van der Waals surface area contributed by atoms with E-state index in [1.165, 1.54) is 23.1 Å². The van der Waals surface area contributed by atoms with E-state index in [0.29, 0.717) is 18.7 Å². The van der Waals surface area contributed by atoms with Gasteiger partial charge in [0, 0.05) is 18.3 Å². The van der Waals surface area contributed by atoms with Gasteiger partial charge in [-0.3, -0.25) is 10.2 Å². The zero-order valence-electron chi connectivity index (χ0n) is 18.7. The third kappa shape index (κ3) is 7.35. The van der Waals surface area contributed by atoms with Crippen LogP contribution in [0, 0.1) is 11.7 Å². The van der Waals surface area contributed by atoms with Crippen molar-refractivity contribution in [3.63, 3.8) is 0 Å². The first-order valence-electron chi connectivity index (χ1n) is 10.7. The van der Waals surface area contributed by atoms with Crippen LogP contribution < -0.4 is 15.0 Å². The van der Waals surface area contributed by atoms with Crippen molar-refractivity contribution < 1.29 is 23.5 Å². The highest BCUT2D eigenvalue weighted by molar-refractivity contribution is 5.90. The Morgan fingerprint density at radius 2 is 1.70 bits per heavy atom. The summed E-state index contributed by atoms with van der Waals surface area (Å²) in [7, 11) is 0. The number of carbonyl (C=O) groups excluding carboxylic acids is 2. The van der Waals surface area contributed by atoms with Gasteiger partial charge in [0.25, 0.3) is 0 Å². The van der Waals surface area contributed by atoms with Crippen LogP contribution in [-0.2, 0) is 11.2 Å². The van der Waals surface area contributed by atoms with Crippen LogP contribution in [0.3, 0.4) is 0 Å². The summed E-state index contributed by atoms with van der Waals surface area (Å²) in [4.78, 5) is 26.2. The molecule has 0 saturated heterocycles. The SMILES string of the molecule is CC(C)COC(=O)Nc1cccc(OC(=O)N(CCc2ccccc2)c2ccccc2F)c1. The van der Waals surface area contributed by atoms with Gasteiger partial charge in [-0.25, -0.2) is 14.0 Å². The molecule has 172 valence electrons. The minimum Gasteiger partial charge on any atom is -0.449 e. The van der Waals surface area contributed by atoms with E-state index >= 15 is 0 Å². The maximum Gasteiger partial charge on any atom is 0.419 e. The van der Waals surface area contributed by atoms with Crippen molar-refractivity contribution in [2.45, 2.75) is 20.3 Å². The maximum atomic E-state index is 14.5. The average Bonchev–Trinajstić information content (AvgIpc) is 2.80. The Morgan fingerprint density at radius 1 is 0.970 bits per heavy atom. The van der Waals surface area contributed by atoms with Gasteiger partial charge in [-0.2, -0.15) is 0 Å². The molecule has 0 saturated carbocycles. The lowest BCUT2D eigenvalue weighted by atomic mass is 10.1. The first-order valence-corrected chi connectivity index (χ1v) is 10.7. The normalized spacial score (nSPS) is 10.5. The standard InChI is InChI=1S/C26H27FN2O4/c1-19(2)18-32-25(30)28-21-11-8-12-22(17-21)33-26(31)29(24-14-7-6-13-23(24)27)16-15-20-9-4-3-5-10-20/h3-14,17,19H,15-16,18H2,1-2H3,(H,28,30). The number of carbonyl (C=O) groups is 2. The molecule has 3 aromatic rings. The van der Waals surface area contributed by atoms with Crippen LogP contribution in [0.5, 0.6) is 5.75 Å². The van der Waals surface area contributed by atoms with Crippen LogP contribution in [0.1, 0.15) is 19.4 Å². The number of benzene rings is 3. The Labute approximate surface area is 192 Å². The summed E-state index contributed by atoms with van der Waals surface area (Å²) in [6, 6.07) is 22.0. The summed E-state index contributed by atoms with van der Waals surface area (Å²) in [6.45, 7) is 4.39. The quantitative estimate of drug-likeness (QED) is 0.439. The molecule has 0 bridgehead atoms. The summed E-state index contributed by atoms with van der Waals surface area (Å²) < 4.78 is 25.1. The fourth-order valence-electron chi connectivity index (χ4n) is 3.06. The monoisotopic (exact) mass is 450 g/mol. The average molecular weight is 451 g/mol. The second-order valence-corrected chi connectivity index (χ2v) is 7.85. The Morgan fingerprint density at radius 3 is 2.42 bits per heavy atom. The molecule has 0 aliphatic rings. The van der Waals surface area contributed by atoms with Gasteiger partial charge < -0.3 is 9.47 Å². The molecule has 3 rings (SSSR count). The van der Waals surface area contributed by atoms with E-state index < -0.39 is 18.0 Å². The molecular weight excluding hydrogens is 423 g/mol. The van der Waals surface area contributed by atoms with Crippen molar-refractivity contribution in [2.24, 2.45) is 5.92 Å². The summed E-state index contributed by atoms with van der Waals surface area (Å²) >= 11 is 0. The Kier molecular flexibility index (Phi) is 8.41. The van der Waals surface area contributed by atoms with E-state index in [1.807, 2.05) is 44.2 Å². The molecule has 0 heterocycles. The second-order valence-electron chi connectivity index (χ2n) is 7.85. The van der Waals surface area contributed by atoms with Crippen LogP contribution in [0.4, 0.5) is 25.4 Å². The van der Waals surface area contributed by atoms with E-state index in [9.17, 15) is 14.0 Å². The van der Waals surface area contributed by atoms with Crippen LogP contribution >= 0.6 is 0 Å². The molecule has 7 heteroatoms. The highest BCUT2D eigenvalue weighted by Crippen LogP contribution is 2.23. The number of nitrogens with one attached hydrogen (secondary N) is 1. The van der Waals surface area contributed by atoms with Crippen molar-refractivity contribution in [3.05, 3.63) is 90.2 Å². The number of nitrogens with zero attached hydrogens (tertiary/aromatic N) is 1. The van der Waals surface area contributed by atoms with Crippen molar-refractivity contribution >= 4 is 23.6 Å². The van der Waals surface area contributed by atoms with E-state index in [-0.39, 0.29) is 23.9 Å². The lowest BCUT2D eigenvalue weighted by Crippen LogP contribution is -2.36. The zero-order chi connectivity index (χ0) is 23.6. The van der Waals surface area contributed by atoms with E-state index in [1.54, 1.807) is 30.3 Å². The lowest BCUT2D eigenvalue weighted by Gasteiger charge is -2.23. The minimum absolute atomic E-state index is 0.130. The maximum absolute atomic E-state index is 14.5. The Balaban J connectivity index is 1.72. The Bertz CT molecular complexity index is 1070. The van der Waals surface area contributed by atoms with Crippen LogP contribution in [0.15, 0.2) is 78.9 Å². The van der Waals surface area contributed by atoms with Gasteiger partial charge in [-0.15, -0.1) is 0 Å². The summed E-state index contributed by atoms with van der Waals surface area (Å²) in [5.41, 5.74) is 1.55. The predicted molar refractivity (Wildman–Crippen MR) is 126 cm³/mol. The third-order valence-electron chi connectivity index (χ3n) is 4.66. The summed E-state index contributed by atoms with van der Waals surface area (Å²) in [5.74, 6) is -0.100. The number of rotatable bonds is 8. The molecule has 0 atom stereocenters. The lowest BCUT2D eigenvalue weighted by molar-refractivity contribution is 0.147. The van der Waals surface area contributed by atoms with Gasteiger partial charge in [-0.1, -0.05) is 62.4 Å². The van der Waals surface area contributed by atoms with E-state index in [2.05, 4.69) is 5.32 Å². The highest BCUT2D eigenvalue weighted by atomic mass is 19.1. The van der Waals surface area contributed by atoms with Gasteiger partial charge >= 0.3 is 12.2 Å². The molecule has 0 aliphatic heterocycles. The molecule has 0 aromatic heterocycles. The largest absolute Gasteiger partial charge is 0.449 e. The number of para-hydroxylation sites is 1. The number of amides is 2. The van der Waals surface area contributed by atoms with Gasteiger partial charge in [0.2, 0.25) is 0 Å². The molecule has 2 amide bonds. The number of hydrogen-bond acceptors (Lipinski definition) is 4. The highest BCUT2D eigenvalue weighted by Gasteiger charge is 2.21. The number of halogens is 1. The van der Waals surface area contributed by atoms with Crippen molar-refractivity contribution in [1.29, 1.82) is 0 Å². The van der Waals surface area contributed by atoms with Crippen LogP contribution in [0.2, 0.25) is 0 Å². The topological polar surface area (TPSA) is 67.9 Å². The fraction of sp³-hybridized carbons (Fsp3) is 0.231. The minimum atomic E-state index is -0.726. The van der Waals surface area contributed by atoms with Crippen LogP contribution in [0.25, 0.3) is 0 Å². The Hall–Kier alpha value is -3.87. The fourth-order valence-corrected chi connectivity index (χ4v) is 3.06. The van der Waals surface area contributed by atoms with Crippen molar-refractivity contribution in [3.8, 4) is 5.75 Å². The predicted octanol–water partition coefficient (Wildman–Crippen LogP) is 6.28.